The highest BCUT2D eigenvalue weighted by molar-refractivity contribution is 7.10. The normalized spacial score (nSPS) is 36.1. The molecule has 3 saturated heterocycles. The monoisotopic (exact) mass is 360 g/mol. The molecule has 25 heavy (non-hydrogen) atoms. The van der Waals surface area contributed by atoms with Gasteiger partial charge in [0, 0.05) is 35.2 Å². The van der Waals surface area contributed by atoms with Crippen molar-refractivity contribution in [1.82, 2.24) is 9.80 Å². The van der Waals surface area contributed by atoms with Crippen LogP contribution >= 0.6 is 11.3 Å². The Hall–Kier alpha value is -0.910. The van der Waals surface area contributed by atoms with Crippen LogP contribution in [0.5, 0.6) is 0 Å². The molecule has 0 radical (unpaired) electrons. The molecule has 0 aromatic carbocycles. The number of rotatable bonds is 3. The molecular formula is C20H28N2O2S. The highest BCUT2D eigenvalue weighted by Crippen LogP contribution is 2.55. The summed E-state index contributed by atoms with van der Waals surface area (Å²) in [5.41, 5.74) is 2.30. The van der Waals surface area contributed by atoms with Crippen molar-refractivity contribution in [1.29, 1.82) is 0 Å². The van der Waals surface area contributed by atoms with Crippen LogP contribution in [-0.2, 0) is 17.6 Å². The fourth-order valence-electron chi connectivity index (χ4n) is 5.85. The standard InChI is InChI=1S/C20H28N2O2S/c1-21(2)9-14-16-10-22(12-20(16)8-7-17(14)24-20)19(23)15-11-25-18-6-4-3-5-13(15)18/h11,14,16-17H,3-10,12H2,1-2H3/t14-,16+,17+,20+/m0/s1. The largest absolute Gasteiger partial charge is 0.369 e. The quantitative estimate of drug-likeness (QED) is 0.831. The highest BCUT2D eigenvalue weighted by Gasteiger charge is 2.63. The molecule has 5 heteroatoms. The van der Waals surface area contributed by atoms with Crippen LogP contribution < -0.4 is 0 Å². The summed E-state index contributed by atoms with van der Waals surface area (Å²) in [6.07, 6.45) is 7.48. The summed E-state index contributed by atoms with van der Waals surface area (Å²) in [4.78, 5) is 19.1. The molecule has 1 aromatic rings. The number of likely N-dealkylation sites (tertiary alicyclic amines) is 1. The van der Waals surface area contributed by atoms with Gasteiger partial charge in [0.2, 0.25) is 0 Å². The zero-order valence-electron chi connectivity index (χ0n) is 15.3. The molecule has 0 saturated carbocycles. The number of nitrogens with zero attached hydrogens (tertiary/aromatic N) is 2. The van der Waals surface area contributed by atoms with Crippen LogP contribution in [0.4, 0.5) is 0 Å². The summed E-state index contributed by atoms with van der Waals surface area (Å²) in [6, 6.07) is 0. The number of hydrogen-bond donors (Lipinski definition) is 0. The molecule has 3 fully saturated rings. The molecule has 4 atom stereocenters. The minimum Gasteiger partial charge on any atom is -0.369 e. The van der Waals surface area contributed by atoms with Crippen LogP contribution in [0.3, 0.4) is 0 Å². The van der Waals surface area contributed by atoms with E-state index in [0.717, 1.165) is 44.5 Å². The molecule has 1 aliphatic carbocycles. The van der Waals surface area contributed by atoms with Crippen LogP contribution in [0.15, 0.2) is 5.38 Å². The first-order valence-corrected chi connectivity index (χ1v) is 10.7. The highest BCUT2D eigenvalue weighted by atomic mass is 32.1. The second-order valence-electron chi connectivity index (χ2n) is 8.74. The first-order chi connectivity index (χ1) is 12.1. The van der Waals surface area contributed by atoms with Gasteiger partial charge in [0.05, 0.1) is 23.8 Å². The predicted octanol–water partition coefficient (Wildman–Crippen LogP) is 2.81. The maximum absolute atomic E-state index is 13.3. The summed E-state index contributed by atoms with van der Waals surface area (Å²) in [7, 11) is 4.29. The molecule has 5 rings (SSSR count). The summed E-state index contributed by atoms with van der Waals surface area (Å²) in [6.45, 7) is 2.77. The lowest BCUT2D eigenvalue weighted by molar-refractivity contribution is 0.00255. The van der Waals surface area contributed by atoms with Crippen molar-refractivity contribution in [2.24, 2.45) is 11.8 Å². The molecule has 0 unspecified atom stereocenters. The van der Waals surface area contributed by atoms with E-state index in [9.17, 15) is 4.79 Å². The molecule has 0 N–H and O–H groups in total. The van der Waals surface area contributed by atoms with E-state index in [-0.39, 0.29) is 11.5 Å². The van der Waals surface area contributed by atoms with Gasteiger partial charge in [0.1, 0.15) is 0 Å². The average molecular weight is 361 g/mol. The third kappa shape index (κ3) is 2.42. The van der Waals surface area contributed by atoms with Gasteiger partial charge in [-0.05, 0) is 58.2 Å². The number of carbonyl (C=O) groups excluding carboxylic acids is 1. The van der Waals surface area contributed by atoms with E-state index >= 15 is 0 Å². The Balaban J connectivity index is 1.38. The van der Waals surface area contributed by atoms with Crippen molar-refractivity contribution in [3.63, 3.8) is 0 Å². The van der Waals surface area contributed by atoms with Crippen molar-refractivity contribution in [3.8, 4) is 0 Å². The lowest BCUT2D eigenvalue weighted by atomic mass is 9.73. The summed E-state index contributed by atoms with van der Waals surface area (Å²) < 4.78 is 6.49. The first-order valence-electron chi connectivity index (χ1n) is 9.78. The molecule has 1 aromatic heterocycles. The van der Waals surface area contributed by atoms with Crippen molar-refractivity contribution < 1.29 is 9.53 Å². The minimum absolute atomic E-state index is 0.0446. The van der Waals surface area contributed by atoms with Gasteiger partial charge in [-0.2, -0.15) is 0 Å². The Labute approximate surface area is 154 Å². The summed E-state index contributed by atoms with van der Waals surface area (Å²) >= 11 is 1.80. The number of hydrogen-bond acceptors (Lipinski definition) is 4. The smallest absolute Gasteiger partial charge is 0.255 e. The molecular weight excluding hydrogens is 332 g/mol. The Morgan fingerprint density at radius 3 is 3.08 bits per heavy atom. The number of fused-ring (bicyclic) bond motifs is 2. The minimum atomic E-state index is -0.0446. The zero-order chi connectivity index (χ0) is 17.2. The van der Waals surface area contributed by atoms with Gasteiger partial charge in [-0.25, -0.2) is 0 Å². The number of amides is 1. The lowest BCUT2D eigenvalue weighted by Crippen LogP contribution is -2.40. The van der Waals surface area contributed by atoms with Gasteiger partial charge in [-0.1, -0.05) is 0 Å². The van der Waals surface area contributed by atoms with E-state index in [1.165, 1.54) is 29.7 Å². The summed E-state index contributed by atoms with van der Waals surface area (Å²) in [5, 5.41) is 2.12. The van der Waals surface area contributed by atoms with Gasteiger partial charge >= 0.3 is 0 Å². The van der Waals surface area contributed by atoms with Crippen LogP contribution in [0.2, 0.25) is 0 Å². The van der Waals surface area contributed by atoms with E-state index in [1.54, 1.807) is 11.3 Å². The van der Waals surface area contributed by atoms with Gasteiger partial charge < -0.3 is 14.5 Å². The Morgan fingerprint density at radius 1 is 1.40 bits per heavy atom. The second-order valence-corrected chi connectivity index (χ2v) is 9.70. The van der Waals surface area contributed by atoms with E-state index in [1.807, 2.05) is 0 Å². The molecule has 3 aliphatic heterocycles. The lowest BCUT2D eigenvalue weighted by Gasteiger charge is -2.30. The second kappa shape index (κ2) is 5.80. The molecule has 1 spiro atoms. The van der Waals surface area contributed by atoms with E-state index in [2.05, 4.69) is 29.3 Å². The number of carbonyl (C=O) groups is 1. The molecule has 4 aliphatic rings. The maximum atomic E-state index is 13.3. The number of aryl methyl sites for hydroxylation is 1. The van der Waals surface area contributed by atoms with E-state index < -0.39 is 0 Å². The first kappa shape index (κ1) is 16.3. The molecule has 2 bridgehead atoms. The van der Waals surface area contributed by atoms with Crippen LogP contribution in [0.25, 0.3) is 0 Å². The number of thiophene rings is 1. The Kier molecular flexibility index (Phi) is 3.77. The van der Waals surface area contributed by atoms with Crippen LogP contribution in [0.1, 0.15) is 46.5 Å². The Morgan fingerprint density at radius 2 is 2.24 bits per heavy atom. The third-order valence-corrected chi connectivity index (χ3v) is 8.03. The number of ether oxygens (including phenoxy) is 1. The predicted molar refractivity (Wildman–Crippen MR) is 99.2 cm³/mol. The fraction of sp³-hybridized carbons (Fsp3) is 0.750. The SMILES string of the molecule is CN(C)C[C@H]1[C@H]2CN(C(=O)c3csc4c3CCCC4)C[C@]23CC[C@H]1O3. The maximum Gasteiger partial charge on any atom is 0.255 e. The molecule has 1 amide bonds. The molecule has 4 nitrogen and oxygen atoms in total. The zero-order valence-corrected chi connectivity index (χ0v) is 16.1. The van der Waals surface area contributed by atoms with Crippen molar-refractivity contribution in [3.05, 3.63) is 21.4 Å². The van der Waals surface area contributed by atoms with Crippen molar-refractivity contribution >= 4 is 17.2 Å². The van der Waals surface area contributed by atoms with Crippen LogP contribution in [-0.4, -0.2) is 61.1 Å². The average Bonchev–Trinajstić information content (AvgIpc) is 3.33. The van der Waals surface area contributed by atoms with Gasteiger partial charge in [-0.15, -0.1) is 11.3 Å². The van der Waals surface area contributed by atoms with Crippen molar-refractivity contribution in [2.45, 2.75) is 50.2 Å². The topological polar surface area (TPSA) is 32.8 Å². The summed E-state index contributed by atoms with van der Waals surface area (Å²) in [5.74, 6) is 1.36. The van der Waals surface area contributed by atoms with Gasteiger partial charge in [-0.3, -0.25) is 4.79 Å². The van der Waals surface area contributed by atoms with E-state index in [4.69, 9.17) is 4.74 Å². The molecule has 4 heterocycles. The third-order valence-electron chi connectivity index (χ3n) is 6.94. The molecule has 136 valence electrons. The van der Waals surface area contributed by atoms with E-state index in [0.29, 0.717) is 17.9 Å². The Bertz CT molecular complexity index is 700. The van der Waals surface area contributed by atoms with Gasteiger partial charge in [0.15, 0.2) is 0 Å². The fourth-order valence-corrected chi connectivity index (χ4v) is 6.97. The van der Waals surface area contributed by atoms with Crippen molar-refractivity contribution in [2.75, 3.05) is 33.7 Å². The van der Waals surface area contributed by atoms with Gasteiger partial charge in [0.25, 0.3) is 5.91 Å². The van der Waals surface area contributed by atoms with Crippen LogP contribution in [0, 0.1) is 11.8 Å².